The number of nitrogens with one attached hydrogen (secondary N) is 1. The molecule has 5 heteroatoms. The van der Waals surface area contributed by atoms with Crippen molar-refractivity contribution in [2.24, 2.45) is 0 Å². The molecule has 0 atom stereocenters. The van der Waals surface area contributed by atoms with Crippen LogP contribution in [0.2, 0.25) is 0 Å². The fourth-order valence-corrected chi connectivity index (χ4v) is 2.31. The zero-order chi connectivity index (χ0) is 14.7. The maximum absolute atomic E-state index is 12.1. The van der Waals surface area contributed by atoms with Crippen LogP contribution >= 0.6 is 0 Å². The lowest BCUT2D eigenvalue weighted by atomic mass is 10.2. The van der Waals surface area contributed by atoms with Crippen molar-refractivity contribution < 1.29 is 9.53 Å². The topological polar surface area (TPSA) is 54.5 Å². The molecule has 2 heterocycles. The molecular weight excluding hydrogens is 266 g/mol. The van der Waals surface area contributed by atoms with E-state index in [9.17, 15) is 4.79 Å². The average molecular weight is 283 g/mol. The maximum Gasteiger partial charge on any atom is 0.265 e. The van der Waals surface area contributed by atoms with Gasteiger partial charge in [0.15, 0.2) is 6.61 Å². The number of aromatic nitrogens is 1. The summed E-state index contributed by atoms with van der Waals surface area (Å²) in [4.78, 5) is 18.2. The number of fused-ring (bicyclic) bond motifs is 1. The molecule has 108 valence electrons. The van der Waals surface area contributed by atoms with Gasteiger partial charge in [-0.1, -0.05) is 18.2 Å². The van der Waals surface area contributed by atoms with E-state index in [1.807, 2.05) is 43.3 Å². The summed E-state index contributed by atoms with van der Waals surface area (Å²) in [6.45, 7) is 3.44. The van der Waals surface area contributed by atoms with Crippen molar-refractivity contribution in [2.75, 3.05) is 23.4 Å². The summed E-state index contributed by atoms with van der Waals surface area (Å²) in [6.07, 6.45) is 1.79. The van der Waals surface area contributed by atoms with Gasteiger partial charge in [0.25, 0.3) is 5.91 Å². The fourth-order valence-electron chi connectivity index (χ4n) is 2.31. The van der Waals surface area contributed by atoms with Crippen LogP contribution in [0.15, 0.2) is 42.6 Å². The molecule has 1 aliphatic rings. The molecule has 21 heavy (non-hydrogen) atoms. The Morgan fingerprint density at radius 3 is 2.90 bits per heavy atom. The van der Waals surface area contributed by atoms with E-state index in [4.69, 9.17) is 4.74 Å². The number of pyridine rings is 1. The molecule has 0 saturated carbocycles. The largest absolute Gasteiger partial charge is 0.482 e. The molecule has 0 unspecified atom stereocenters. The normalized spacial score (nSPS) is 13.6. The van der Waals surface area contributed by atoms with Crippen molar-refractivity contribution >= 4 is 17.4 Å². The number of anilines is 2. The van der Waals surface area contributed by atoms with Gasteiger partial charge in [-0.05, 0) is 30.7 Å². The lowest BCUT2D eigenvalue weighted by molar-refractivity contribution is -0.121. The lowest BCUT2D eigenvalue weighted by Gasteiger charge is -2.29. The van der Waals surface area contributed by atoms with Gasteiger partial charge in [0, 0.05) is 12.7 Å². The number of benzene rings is 1. The minimum atomic E-state index is -0.0375. The molecule has 1 aliphatic heterocycles. The monoisotopic (exact) mass is 283 g/mol. The van der Waals surface area contributed by atoms with Crippen molar-refractivity contribution in [1.82, 2.24) is 4.98 Å². The molecule has 5 nitrogen and oxygen atoms in total. The van der Waals surface area contributed by atoms with E-state index in [1.54, 1.807) is 11.1 Å². The SMILES string of the molecule is CCNc1ccc(CN2C(=O)COc3ccccc32)cn1. The molecule has 1 aromatic carbocycles. The van der Waals surface area contributed by atoms with E-state index in [-0.39, 0.29) is 12.5 Å². The van der Waals surface area contributed by atoms with Gasteiger partial charge < -0.3 is 15.0 Å². The van der Waals surface area contributed by atoms with Gasteiger partial charge in [0.05, 0.1) is 12.2 Å². The number of carbonyl (C=O) groups excluding carboxylic acids is 1. The number of rotatable bonds is 4. The zero-order valence-corrected chi connectivity index (χ0v) is 11.9. The molecule has 1 aromatic heterocycles. The Balaban J connectivity index is 1.82. The van der Waals surface area contributed by atoms with Gasteiger partial charge in [-0.3, -0.25) is 4.79 Å². The van der Waals surface area contributed by atoms with Gasteiger partial charge in [0.2, 0.25) is 0 Å². The van der Waals surface area contributed by atoms with Gasteiger partial charge in [0.1, 0.15) is 11.6 Å². The second-order valence-corrected chi connectivity index (χ2v) is 4.82. The van der Waals surface area contributed by atoms with Gasteiger partial charge in [-0.25, -0.2) is 4.98 Å². The third-order valence-electron chi connectivity index (χ3n) is 3.33. The van der Waals surface area contributed by atoms with Crippen molar-refractivity contribution in [3.05, 3.63) is 48.2 Å². The van der Waals surface area contributed by atoms with E-state index in [2.05, 4.69) is 10.3 Å². The average Bonchev–Trinajstić information content (AvgIpc) is 2.52. The molecule has 3 rings (SSSR count). The summed E-state index contributed by atoms with van der Waals surface area (Å²) < 4.78 is 5.44. The van der Waals surface area contributed by atoms with Gasteiger partial charge in [-0.2, -0.15) is 0 Å². The van der Waals surface area contributed by atoms with Crippen LogP contribution in [0.5, 0.6) is 5.75 Å². The second-order valence-electron chi connectivity index (χ2n) is 4.82. The molecule has 0 radical (unpaired) electrons. The number of nitrogens with zero attached hydrogens (tertiary/aromatic N) is 2. The number of hydrogen-bond donors (Lipinski definition) is 1. The molecule has 0 fully saturated rings. The summed E-state index contributed by atoms with van der Waals surface area (Å²) in [7, 11) is 0. The van der Waals surface area contributed by atoms with Crippen LogP contribution in [0.1, 0.15) is 12.5 Å². The fraction of sp³-hybridized carbons (Fsp3) is 0.250. The summed E-state index contributed by atoms with van der Waals surface area (Å²) in [5.74, 6) is 1.55. The minimum absolute atomic E-state index is 0.0375. The molecule has 0 spiro atoms. The van der Waals surface area contributed by atoms with E-state index >= 15 is 0 Å². The van der Waals surface area contributed by atoms with Crippen LogP contribution in [0.4, 0.5) is 11.5 Å². The molecule has 0 bridgehead atoms. The van der Waals surface area contributed by atoms with Crippen LogP contribution in [-0.4, -0.2) is 24.0 Å². The first kappa shape index (κ1) is 13.4. The summed E-state index contributed by atoms with van der Waals surface area (Å²) in [5.41, 5.74) is 1.80. The zero-order valence-electron chi connectivity index (χ0n) is 11.9. The minimum Gasteiger partial charge on any atom is -0.482 e. The van der Waals surface area contributed by atoms with Crippen LogP contribution < -0.4 is 15.0 Å². The Kier molecular flexibility index (Phi) is 3.73. The number of amides is 1. The Morgan fingerprint density at radius 1 is 1.29 bits per heavy atom. The van der Waals surface area contributed by atoms with Crippen molar-refractivity contribution in [1.29, 1.82) is 0 Å². The van der Waals surface area contributed by atoms with Gasteiger partial charge >= 0.3 is 0 Å². The first-order valence-electron chi connectivity index (χ1n) is 6.99. The number of para-hydroxylation sites is 2. The predicted octanol–water partition coefficient (Wildman–Crippen LogP) is 2.44. The Hall–Kier alpha value is -2.56. The van der Waals surface area contributed by atoms with Crippen LogP contribution in [0, 0.1) is 0 Å². The number of carbonyl (C=O) groups is 1. The highest BCUT2D eigenvalue weighted by atomic mass is 16.5. The van der Waals surface area contributed by atoms with Crippen LogP contribution in [0.3, 0.4) is 0 Å². The third-order valence-corrected chi connectivity index (χ3v) is 3.33. The van der Waals surface area contributed by atoms with Gasteiger partial charge in [-0.15, -0.1) is 0 Å². The maximum atomic E-state index is 12.1. The molecular formula is C16H17N3O2. The summed E-state index contributed by atoms with van der Waals surface area (Å²) in [6, 6.07) is 11.5. The third kappa shape index (κ3) is 2.81. The Bertz CT molecular complexity index is 640. The first-order chi connectivity index (χ1) is 10.3. The molecule has 0 aliphatic carbocycles. The highest BCUT2D eigenvalue weighted by Crippen LogP contribution is 2.32. The summed E-state index contributed by atoms with van der Waals surface area (Å²) >= 11 is 0. The van der Waals surface area contributed by atoms with E-state index in [0.717, 1.165) is 29.4 Å². The lowest BCUT2D eigenvalue weighted by Crippen LogP contribution is -2.38. The Labute approximate surface area is 123 Å². The van der Waals surface area contributed by atoms with E-state index in [1.165, 1.54) is 0 Å². The Morgan fingerprint density at radius 2 is 2.14 bits per heavy atom. The second kappa shape index (κ2) is 5.83. The molecule has 1 amide bonds. The van der Waals surface area contributed by atoms with Crippen molar-refractivity contribution in [3.63, 3.8) is 0 Å². The van der Waals surface area contributed by atoms with Crippen LogP contribution in [0.25, 0.3) is 0 Å². The highest BCUT2D eigenvalue weighted by molar-refractivity contribution is 5.97. The molecule has 0 saturated heterocycles. The van der Waals surface area contributed by atoms with E-state index < -0.39 is 0 Å². The first-order valence-corrected chi connectivity index (χ1v) is 6.99. The molecule has 1 N–H and O–H groups in total. The predicted molar refractivity (Wildman–Crippen MR) is 81.5 cm³/mol. The number of hydrogen-bond acceptors (Lipinski definition) is 4. The summed E-state index contributed by atoms with van der Waals surface area (Å²) in [5, 5.41) is 3.15. The van der Waals surface area contributed by atoms with E-state index in [0.29, 0.717) is 6.54 Å². The quantitative estimate of drug-likeness (QED) is 0.936. The highest BCUT2D eigenvalue weighted by Gasteiger charge is 2.25. The van der Waals surface area contributed by atoms with Crippen molar-refractivity contribution in [2.45, 2.75) is 13.5 Å². The van der Waals surface area contributed by atoms with Crippen molar-refractivity contribution in [3.8, 4) is 5.75 Å². The smallest absolute Gasteiger partial charge is 0.265 e. The molecule has 2 aromatic rings. The standard InChI is InChI=1S/C16H17N3O2/c1-2-17-15-8-7-12(9-18-15)10-19-13-5-3-4-6-14(13)21-11-16(19)20/h3-9H,2,10-11H2,1H3,(H,17,18). The number of ether oxygens (including phenoxy) is 1. The van der Waals surface area contributed by atoms with Crippen LogP contribution in [-0.2, 0) is 11.3 Å².